The Morgan fingerprint density at radius 3 is 2.66 bits per heavy atom. The number of hydrogen-bond donors (Lipinski definition) is 2. The number of anilines is 2. The fraction of sp³-hybridized carbons (Fsp3) is 0.348. The lowest BCUT2D eigenvalue weighted by atomic mass is 10.2. The molecule has 0 unspecified atom stereocenters. The number of methoxy groups -OCH3 is 2. The van der Waals surface area contributed by atoms with Gasteiger partial charge in [-0.05, 0) is 25.0 Å². The molecule has 1 aromatic heterocycles. The van der Waals surface area contributed by atoms with Gasteiger partial charge in [0, 0.05) is 42.4 Å². The fourth-order valence-electron chi connectivity index (χ4n) is 3.45. The average Bonchev–Trinajstić information content (AvgIpc) is 3.35. The number of nitrogens with one attached hydrogen (secondary N) is 2. The highest BCUT2D eigenvalue weighted by atomic mass is 32.2. The first-order chi connectivity index (χ1) is 15.6. The van der Waals surface area contributed by atoms with Gasteiger partial charge in [0.25, 0.3) is 0 Å². The summed E-state index contributed by atoms with van der Waals surface area (Å²) in [5.41, 5.74) is 1.57. The third kappa shape index (κ3) is 5.60. The molecule has 1 aliphatic heterocycles. The predicted octanol–water partition coefficient (Wildman–Crippen LogP) is 3.78. The van der Waals surface area contributed by atoms with E-state index in [0.29, 0.717) is 29.0 Å². The van der Waals surface area contributed by atoms with Crippen molar-refractivity contribution in [2.45, 2.75) is 24.1 Å². The molecule has 2 N–H and O–H groups in total. The summed E-state index contributed by atoms with van der Waals surface area (Å²) in [6, 6.07) is 13.3. The summed E-state index contributed by atoms with van der Waals surface area (Å²) < 4.78 is 16.3. The minimum absolute atomic E-state index is 0.0608. The molecule has 3 aromatic rings. The van der Waals surface area contributed by atoms with E-state index in [1.54, 1.807) is 20.3 Å². The summed E-state index contributed by atoms with van der Waals surface area (Å²) in [5, 5.41) is 7.67. The lowest BCUT2D eigenvalue weighted by molar-refractivity contribution is -0.119. The normalized spacial score (nSPS) is 15.5. The smallest absolute Gasteiger partial charge is 0.230 e. The van der Waals surface area contributed by atoms with Crippen LogP contribution in [-0.2, 0) is 9.53 Å². The highest BCUT2D eigenvalue weighted by Gasteiger charge is 2.17. The summed E-state index contributed by atoms with van der Waals surface area (Å²) in [6.45, 7) is 1.32. The maximum absolute atomic E-state index is 12.3. The van der Waals surface area contributed by atoms with Gasteiger partial charge < -0.3 is 24.8 Å². The van der Waals surface area contributed by atoms with Crippen LogP contribution in [0, 0.1) is 0 Å². The molecule has 1 saturated heterocycles. The molecular weight excluding hydrogens is 428 g/mol. The Labute approximate surface area is 191 Å². The van der Waals surface area contributed by atoms with Crippen molar-refractivity contribution in [3.8, 4) is 11.5 Å². The van der Waals surface area contributed by atoms with E-state index in [1.165, 1.54) is 11.8 Å². The Balaban J connectivity index is 1.50. The van der Waals surface area contributed by atoms with E-state index >= 15 is 0 Å². The second kappa shape index (κ2) is 10.5. The molecule has 2 aromatic carbocycles. The van der Waals surface area contributed by atoms with Crippen molar-refractivity contribution in [3.63, 3.8) is 0 Å². The zero-order chi connectivity index (χ0) is 22.3. The molecule has 1 aliphatic rings. The number of para-hydroxylation sites is 1. The minimum Gasteiger partial charge on any atom is -0.497 e. The van der Waals surface area contributed by atoms with Gasteiger partial charge in [0.05, 0.1) is 31.6 Å². The van der Waals surface area contributed by atoms with Crippen LogP contribution >= 0.6 is 11.8 Å². The number of carbonyl (C=O) groups is 1. The quantitative estimate of drug-likeness (QED) is 0.373. The van der Waals surface area contributed by atoms with Gasteiger partial charge >= 0.3 is 0 Å². The second-order valence-corrected chi connectivity index (χ2v) is 8.27. The molecule has 168 valence electrons. The lowest BCUT2D eigenvalue weighted by Crippen LogP contribution is -2.32. The van der Waals surface area contributed by atoms with E-state index in [-0.39, 0.29) is 17.8 Å². The number of fused-ring (bicyclic) bond motifs is 1. The van der Waals surface area contributed by atoms with Gasteiger partial charge in [-0.25, -0.2) is 9.97 Å². The molecule has 1 atom stereocenters. The monoisotopic (exact) mass is 454 g/mol. The number of nitrogens with zero attached hydrogens (tertiary/aromatic N) is 2. The Bertz CT molecular complexity index is 1070. The molecule has 0 saturated carbocycles. The predicted molar refractivity (Wildman–Crippen MR) is 125 cm³/mol. The topological polar surface area (TPSA) is 94.6 Å². The van der Waals surface area contributed by atoms with Crippen LogP contribution < -0.4 is 20.1 Å². The van der Waals surface area contributed by atoms with E-state index in [4.69, 9.17) is 14.2 Å². The number of amides is 1. The van der Waals surface area contributed by atoms with E-state index < -0.39 is 0 Å². The van der Waals surface area contributed by atoms with Crippen molar-refractivity contribution in [3.05, 3.63) is 42.5 Å². The van der Waals surface area contributed by atoms with Crippen LogP contribution in [0.15, 0.2) is 47.6 Å². The van der Waals surface area contributed by atoms with Gasteiger partial charge in [0.15, 0.2) is 5.16 Å². The number of hydrogen-bond acceptors (Lipinski definition) is 8. The summed E-state index contributed by atoms with van der Waals surface area (Å²) >= 11 is 1.30. The number of aromatic nitrogens is 2. The molecule has 2 heterocycles. The van der Waals surface area contributed by atoms with E-state index in [9.17, 15) is 4.79 Å². The van der Waals surface area contributed by atoms with Crippen LogP contribution in [-0.4, -0.2) is 55.1 Å². The van der Waals surface area contributed by atoms with Crippen molar-refractivity contribution in [1.29, 1.82) is 0 Å². The van der Waals surface area contributed by atoms with Crippen LogP contribution in [0.5, 0.6) is 11.5 Å². The molecule has 0 aliphatic carbocycles. The van der Waals surface area contributed by atoms with E-state index in [2.05, 4.69) is 20.6 Å². The molecule has 8 nitrogen and oxygen atoms in total. The molecule has 4 rings (SSSR count). The third-order valence-electron chi connectivity index (χ3n) is 5.08. The number of carbonyl (C=O) groups excluding carboxylic acids is 1. The zero-order valence-corrected chi connectivity index (χ0v) is 18.9. The summed E-state index contributed by atoms with van der Waals surface area (Å²) in [5.74, 6) is 2.16. The van der Waals surface area contributed by atoms with E-state index in [0.717, 1.165) is 36.0 Å². The van der Waals surface area contributed by atoms with Crippen LogP contribution in [0.2, 0.25) is 0 Å². The molecule has 1 amide bonds. The van der Waals surface area contributed by atoms with Gasteiger partial charge in [-0.3, -0.25) is 4.79 Å². The van der Waals surface area contributed by atoms with Gasteiger partial charge in [-0.2, -0.15) is 0 Å². The number of benzene rings is 2. The second-order valence-electron chi connectivity index (χ2n) is 7.33. The first-order valence-electron chi connectivity index (χ1n) is 10.4. The highest BCUT2D eigenvalue weighted by Crippen LogP contribution is 2.31. The van der Waals surface area contributed by atoms with Crippen LogP contribution in [0.4, 0.5) is 11.5 Å². The largest absolute Gasteiger partial charge is 0.497 e. The number of ether oxygens (including phenoxy) is 3. The number of thioether (sulfide) groups is 1. The van der Waals surface area contributed by atoms with Gasteiger partial charge in [0.1, 0.15) is 17.3 Å². The lowest BCUT2D eigenvalue weighted by Gasteiger charge is -2.13. The maximum atomic E-state index is 12.3. The Hall–Kier alpha value is -3.04. The third-order valence-corrected chi connectivity index (χ3v) is 5.93. The molecule has 9 heteroatoms. The molecule has 1 fully saturated rings. The molecule has 0 spiro atoms. The van der Waals surface area contributed by atoms with Crippen LogP contribution in [0.3, 0.4) is 0 Å². The van der Waals surface area contributed by atoms with Crippen LogP contribution in [0.1, 0.15) is 12.8 Å². The summed E-state index contributed by atoms with van der Waals surface area (Å²) in [7, 11) is 3.22. The minimum atomic E-state index is -0.0608. The van der Waals surface area contributed by atoms with Crippen molar-refractivity contribution in [2.75, 3.05) is 38.4 Å². The van der Waals surface area contributed by atoms with Crippen molar-refractivity contribution >= 4 is 40.1 Å². The first kappa shape index (κ1) is 22.2. The van der Waals surface area contributed by atoms with Crippen molar-refractivity contribution in [1.82, 2.24) is 15.3 Å². The van der Waals surface area contributed by atoms with Crippen molar-refractivity contribution in [2.24, 2.45) is 0 Å². The Morgan fingerprint density at radius 2 is 1.94 bits per heavy atom. The molecule has 0 bridgehead atoms. The highest BCUT2D eigenvalue weighted by molar-refractivity contribution is 7.99. The first-order valence-corrected chi connectivity index (χ1v) is 11.4. The van der Waals surface area contributed by atoms with Gasteiger partial charge in [-0.15, -0.1) is 0 Å². The van der Waals surface area contributed by atoms with Gasteiger partial charge in [-0.1, -0.05) is 23.9 Å². The van der Waals surface area contributed by atoms with E-state index in [1.807, 2.05) is 36.4 Å². The standard InChI is InChI=1S/C23H26N4O4S/c1-29-17-10-15(11-18(12-17)30-2)25-22-19-7-3-4-8-20(19)26-23(27-22)32-14-21(28)24-13-16-6-5-9-31-16/h3-4,7-8,10-12,16H,5-6,9,13-14H2,1-2H3,(H,24,28)(H,25,26,27)/t16-/m1/s1. The van der Waals surface area contributed by atoms with Gasteiger partial charge in [0.2, 0.25) is 5.91 Å². The average molecular weight is 455 g/mol. The Kier molecular flexibility index (Phi) is 7.28. The maximum Gasteiger partial charge on any atom is 0.230 e. The number of rotatable bonds is 9. The van der Waals surface area contributed by atoms with Crippen molar-refractivity contribution < 1.29 is 19.0 Å². The fourth-order valence-corrected chi connectivity index (χ4v) is 4.13. The Morgan fingerprint density at radius 1 is 1.16 bits per heavy atom. The molecule has 0 radical (unpaired) electrons. The zero-order valence-electron chi connectivity index (χ0n) is 18.1. The summed E-state index contributed by atoms with van der Waals surface area (Å²) in [4.78, 5) is 21.6. The SMILES string of the molecule is COc1cc(Nc2nc(SCC(=O)NC[C@H]3CCCO3)nc3ccccc23)cc(OC)c1. The summed E-state index contributed by atoms with van der Waals surface area (Å²) in [6.07, 6.45) is 2.16. The van der Waals surface area contributed by atoms with Crippen LogP contribution in [0.25, 0.3) is 10.9 Å². The molecular formula is C23H26N4O4S. The molecule has 32 heavy (non-hydrogen) atoms.